The van der Waals surface area contributed by atoms with Gasteiger partial charge in [0.25, 0.3) is 5.69 Å². The fraction of sp³-hybridized carbons (Fsp3) is 0.263. The fourth-order valence-corrected chi connectivity index (χ4v) is 2.64. The van der Waals surface area contributed by atoms with Crippen molar-refractivity contribution in [2.75, 3.05) is 0 Å². The first kappa shape index (κ1) is 14.5. The van der Waals surface area contributed by atoms with E-state index < -0.39 is 0 Å². The van der Waals surface area contributed by atoms with E-state index in [-0.39, 0.29) is 11.5 Å². The summed E-state index contributed by atoms with van der Waals surface area (Å²) in [7, 11) is 0. The number of nitrogens with zero attached hydrogens (tertiary/aromatic N) is 1. The van der Waals surface area contributed by atoms with Crippen molar-refractivity contribution < 1.29 is 14.1 Å². The third kappa shape index (κ3) is 2.54. The van der Waals surface area contributed by atoms with Crippen molar-refractivity contribution >= 4 is 18.0 Å². The van der Waals surface area contributed by atoms with Gasteiger partial charge < -0.3 is 4.74 Å². The van der Waals surface area contributed by atoms with E-state index >= 15 is 0 Å². The van der Waals surface area contributed by atoms with Gasteiger partial charge in [0.1, 0.15) is 0 Å². The monoisotopic (exact) mass is 294 g/mol. The summed E-state index contributed by atoms with van der Waals surface area (Å²) in [6.07, 6.45) is 1.47. The largest absolute Gasteiger partial charge is 0.608 e. The first-order valence-corrected chi connectivity index (χ1v) is 7.42. The van der Waals surface area contributed by atoms with Crippen molar-refractivity contribution in [3.8, 4) is 5.75 Å². The Bertz CT molecular complexity index is 768. The van der Waals surface area contributed by atoms with Crippen molar-refractivity contribution in [3.63, 3.8) is 0 Å². The Morgan fingerprint density at radius 2 is 1.77 bits per heavy atom. The molecule has 0 saturated heterocycles. The molecule has 22 heavy (non-hydrogen) atoms. The third-order valence-electron chi connectivity index (χ3n) is 3.75. The summed E-state index contributed by atoms with van der Waals surface area (Å²) in [5.74, 6) is 0.676. The Labute approximate surface area is 130 Å². The SMILES string of the molecule is Cc1cc2c(c(C(C)(C)C)c1)OC(=O)/[N+]2=C/c1ccccc1. The number of ether oxygens (including phenoxy) is 1. The summed E-state index contributed by atoms with van der Waals surface area (Å²) in [4.78, 5) is 12.3. The molecule has 0 bridgehead atoms. The van der Waals surface area contributed by atoms with Crippen molar-refractivity contribution in [2.45, 2.75) is 33.1 Å². The van der Waals surface area contributed by atoms with Crippen LogP contribution in [0.4, 0.5) is 10.5 Å². The minimum atomic E-state index is -0.352. The molecule has 2 aromatic carbocycles. The Balaban J connectivity index is 2.19. The van der Waals surface area contributed by atoms with Crippen LogP contribution in [0.15, 0.2) is 42.5 Å². The normalized spacial score (nSPS) is 15.8. The molecular weight excluding hydrogens is 274 g/mol. The highest BCUT2D eigenvalue weighted by molar-refractivity contribution is 5.86. The molecular formula is C19H20NO2+. The van der Waals surface area contributed by atoms with Gasteiger partial charge in [0, 0.05) is 17.2 Å². The van der Waals surface area contributed by atoms with Crippen LogP contribution < -0.4 is 4.74 Å². The first-order valence-electron chi connectivity index (χ1n) is 7.42. The molecule has 0 saturated carbocycles. The molecule has 3 heteroatoms. The van der Waals surface area contributed by atoms with E-state index in [9.17, 15) is 4.79 Å². The van der Waals surface area contributed by atoms with Gasteiger partial charge in [-0.1, -0.05) is 49.6 Å². The number of benzene rings is 2. The van der Waals surface area contributed by atoms with Gasteiger partial charge in [-0.05, 0) is 30.0 Å². The van der Waals surface area contributed by atoms with Crippen LogP contribution in [0.2, 0.25) is 0 Å². The van der Waals surface area contributed by atoms with E-state index in [0.717, 1.165) is 22.4 Å². The highest BCUT2D eigenvalue weighted by Gasteiger charge is 2.40. The molecule has 0 unspecified atom stereocenters. The summed E-state index contributed by atoms with van der Waals surface area (Å²) in [6, 6.07) is 13.9. The molecule has 0 atom stereocenters. The van der Waals surface area contributed by atoms with Crippen LogP contribution in [0.5, 0.6) is 5.75 Å². The Kier molecular flexibility index (Phi) is 3.36. The van der Waals surface area contributed by atoms with Crippen LogP contribution in [-0.4, -0.2) is 16.9 Å². The molecule has 1 amide bonds. The Morgan fingerprint density at radius 1 is 1.09 bits per heavy atom. The summed E-state index contributed by atoms with van der Waals surface area (Å²) in [6.45, 7) is 8.41. The zero-order chi connectivity index (χ0) is 15.9. The van der Waals surface area contributed by atoms with E-state index in [1.54, 1.807) is 4.58 Å². The van der Waals surface area contributed by atoms with Crippen LogP contribution in [0, 0.1) is 6.92 Å². The maximum absolute atomic E-state index is 12.3. The second-order valence-electron chi connectivity index (χ2n) is 6.69. The molecule has 0 radical (unpaired) electrons. The molecule has 1 aliphatic heterocycles. The maximum Gasteiger partial charge on any atom is 0.608 e. The summed E-state index contributed by atoms with van der Waals surface area (Å²) >= 11 is 0. The first-order chi connectivity index (χ1) is 10.4. The maximum atomic E-state index is 12.3. The van der Waals surface area contributed by atoms with Gasteiger partial charge in [0.2, 0.25) is 5.75 Å². The number of rotatable bonds is 1. The lowest BCUT2D eigenvalue weighted by molar-refractivity contribution is -0.328. The highest BCUT2D eigenvalue weighted by atomic mass is 16.6. The minimum absolute atomic E-state index is 0.0842. The molecule has 3 nitrogen and oxygen atoms in total. The number of fused-ring (bicyclic) bond motifs is 1. The van der Waals surface area contributed by atoms with Gasteiger partial charge in [-0.15, -0.1) is 0 Å². The van der Waals surface area contributed by atoms with Crippen molar-refractivity contribution in [1.29, 1.82) is 0 Å². The standard InChI is InChI=1S/C19H20NO2/c1-13-10-15(19(2,3)4)17-16(11-13)20(18(21)22-17)12-14-8-6-5-7-9-14/h5-12H,1-4H3/q+1/b20-12+. The molecule has 3 rings (SSSR count). The average Bonchev–Trinajstić information content (AvgIpc) is 2.75. The number of hydrogen-bond acceptors (Lipinski definition) is 2. The van der Waals surface area contributed by atoms with E-state index in [4.69, 9.17) is 4.74 Å². The van der Waals surface area contributed by atoms with Gasteiger partial charge in [0.05, 0.1) is 0 Å². The minimum Gasteiger partial charge on any atom is -0.365 e. The predicted molar refractivity (Wildman–Crippen MR) is 87.4 cm³/mol. The molecule has 0 N–H and O–H groups in total. The second kappa shape index (κ2) is 5.09. The van der Waals surface area contributed by atoms with Crippen LogP contribution in [0.25, 0.3) is 0 Å². The molecule has 1 aliphatic rings. The summed E-state index contributed by atoms with van der Waals surface area (Å²) in [5, 5.41) is 0. The zero-order valence-electron chi connectivity index (χ0n) is 13.4. The molecule has 112 valence electrons. The molecule has 2 aromatic rings. The third-order valence-corrected chi connectivity index (χ3v) is 3.75. The molecule has 0 fully saturated rings. The van der Waals surface area contributed by atoms with Crippen molar-refractivity contribution in [3.05, 3.63) is 59.2 Å². The summed E-state index contributed by atoms with van der Waals surface area (Å²) in [5.41, 5.74) is 3.87. The number of hydrogen-bond donors (Lipinski definition) is 0. The number of aryl methyl sites for hydroxylation is 1. The van der Waals surface area contributed by atoms with Gasteiger partial charge in [-0.25, -0.2) is 0 Å². The topological polar surface area (TPSA) is 29.3 Å². The van der Waals surface area contributed by atoms with E-state index in [0.29, 0.717) is 5.75 Å². The number of carbonyl (C=O) groups is 1. The number of carbonyl (C=O) groups excluding carboxylic acids is 1. The zero-order valence-corrected chi connectivity index (χ0v) is 13.4. The molecule has 1 heterocycles. The Morgan fingerprint density at radius 3 is 2.41 bits per heavy atom. The molecule has 0 aliphatic carbocycles. The number of amides is 1. The average molecular weight is 294 g/mol. The fourth-order valence-electron chi connectivity index (χ4n) is 2.64. The lowest BCUT2D eigenvalue weighted by Crippen LogP contribution is -2.15. The van der Waals surface area contributed by atoms with Crippen LogP contribution in [0.3, 0.4) is 0 Å². The lowest BCUT2D eigenvalue weighted by atomic mass is 9.85. The van der Waals surface area contributed by atoms with Crippen LogP contribution in [-0.2, 0) is 5.41 Å². The highest BCUT2D eigenvalue weighted by Crippen LogP contribution is 2.43. The molecule has 0 aromatic heterocycles. The molecule has 0 spiro atoms. The van der Waals surface area contributed by atoms with Gasteiger partial charge in [0.15, 0.2) is 6.21 Å². The van der Waals surface area contributed by atoms with E-state index in [1.807, 2.05) is 49.5 Å². The van der Waals surface area contributed by atoms with Crippen molar-refractivity contribution in [1.82, 2.24) is 0 Å². The van der Waals surface area contributed by atoms with Crippen molar-refractivity contribution in [2.24, 2.45) is 0 Å². The van der Waals surface area contributed by atoms with Crippen LogP contribution in [0.1, 0.15) is 37.5 Å². The predicted octanol–water partition coefficient (Wildman–Crippen LogP) is 4.57. The Hall–Kier alpha value is -2.42. The smallest absolute Gasteiger partial charge is 0.365 e. The van der Waals surface area contributed by atoms with Gasteiger partial charge in [-0.2, -0.15) is 4.79 Å². The van der Waals surface area contributed by atoms with Crippen LogP contribution >= 0.6 is 0 Å². The van der Waals surface area contributed by atoms with Gasteiger partial charge in [-0.3, -0.25) is 0 Å². The quantitative estimate of drug-likeness (QED) is 0.721. The second-order valence-corrected chi connectivity index (χ2v) is 6.69. The van der Waals surface area contributed by atoms with Gasteiger partial charge >= 0.3 is 6.09 Å². The lowest BCUT2D eigenvalue weighted by Gasteiger charge is -2.20. The summed E-state index contributed by atoms with van der Waals surface area (Å²) < 4.78 is 7.15. The van der Waals surface area contributed by atoms with E-state index in [2.05, 4.69) is 26.8 Å². The van der Waals surface area contributed by atoms with E-state index in [1.165, 1.54) is 0 Å².